The summed E-state index contributed by atoms with van der Waals surface area (Å²) >= 11 is 1.74. The number of carbonyl (C=O) groups excluding carboxylic acids is 1. The van der Waals surface area contributed by atoms with E-state index in [4.69, 9.17) is 4.74 Å². The minimum Gasteiger partial charge on any atom is -0.377 e. The largest absolute Gasteiger partial charge is 0.377 e. The second-order valence-corrected chi connectivity index (χ2v) is 7.79. The maximum atomic E-state index is 12.1. The zero-order valence-electron chi connectivity index (χ0n) is 12.9. The van der Waals surface area contributed by atoms with Gasteiger partial charge in [0.05, 0.1) is 6.10 Å². The van der Waals surface area contributed by atoms with E-state index in [0.717, 1.165) is 13.0 Å². The number of urea groups is 1. The Kier molecular flexibility index (Phi) is 3.97. The van der Waals surface area contributed by atoms with Crippen LogP contribution < -0.4 is 10.6 Å². The number of hydrogen-bond donors (Lipinski definition) is 2. The Morgan fingerprint density at radius 1 is 1.57 bits per heavy atom. The first kappa shape index (κ1) is 14.9. The number of fused-ring (bicyclic) bond motifs is 1. The lowest BCUT2D eigenvalue weighted by atomic mass is 9.57. The van der Waals surface area contributed by atoms with E-state index in [1.54, 1.807) is 11.3 Å². The Labute approximate surface area is 130 Å². The van der Waals surface area contributed by atoms with Gasteiger partial charge in [0.25, 0.3) is 0 Å². The fourth-order valence-electron chi connectivity index (χ4n) is 3.73. The number of amides is 2. The molecule has 1 aromatic rings. The molecule has 21 heavy (non-hydrogen) atoms. The van der Waals surface area contributed by atoms with Crippen LogP contribution in [0.15, 0.2) is 17.5 Å². The van der Waals surface area contributed by atoms with Crippen molar-refractivity contribution in [3.05, 3.63) is 22.4 Å². The molecule has 2 N–H and O–H groups in total. The van der Waals surface area contributed by atoms with E-state index in [2.05, 4.69) is 42.9 Å². The molecule has 3 rings (SSSR count). The third-order valence-electron chi connectivity index (χ3n) is 4.98. The van der Waals surface area contributed by atoms with Crippen molar-refractivity contribution in [1.29, 1.82) is 0 Å². The molecule has 116 valence electrons. The predicted molar refractivity (Wildman–Crippen MR) is 84.7 cm³/mol. The third-order valence-corrected chi connectivity index (χ3v) is 6.09. The highest BCUT2D eigenvalue weighted by Gasteiger charge is 2.59. The lowest BCUT2D eigenvalue weighted by Crippen LogP contribution is -2.67. The zero-order chi connectivity index (χ0) is 15.0. The standard InChI is InChI=1S/C16H24N2O2S/c1-10(12-5-4-8-21-12)9-17-15(19)18-13-11-6-7-20-14(11)16(13,2)3/h4-5,8,10-11,13-14H,6-7,9H2,1-3H3,(H2,17,18,19)/t10-,11+,13-,14+/m1/s1. The summed E-state index contributed by atoms with van der Waals surface area (Å²) in [6.45, 7) is 8.00. The van der Waals surface area contributed by atoms with Crippen molar-refractivity contribution in [1.82, 2.24) is 10.6 Å². The number of ether oxygens (including phenoxy) is 1. The summed E-state index contributed by atoms with van der Waals surface area (Å²) in [5.41, 5.74) is 0.0396. The topological polar surface area (TPSA) is 50.4 Å². The third kappa shape index (κ3) is 2.69. The Balaban J connectivity index is 1.48. The van der Waals surface area contributed by atoms with Crippen molar-refractivity contribution in [2.75, 3.05) is 13.2 Å². The summed E-state index contributed by atoms with van der Waals surface area (Å²) in [6.07, 6.45) is 1.37. The van der Waals surface area contributed by atoms with Gasteiger partial charge in [-0.3, -0.25) is 0 Å². The Morgan fingerprint density at radius 3 is 3.10 bits per heavy atom. The summed E-state index contributed by atoms with van der Waals surface area (Å²) in [4.78, 5) is 13.4. The first-order valence-electron chi connectivity index (χ1n) is 7.69. The van der Waals surface area contributed by atoms with Crippen LogP contribution in [0.25, 0.3) is 0 Å². The van der Waals surface area contributed by atoms with Crippen molar-refractivity contribution < 1.29 is 9.53 Å². The highest BCUT2D eigenvalue weighted by atomic mass is 32.1. The highest BCUT2D eigenvalue weighted by molar-refractivity contribution is 7.10. The predicted octanol–water partition coefficient (Wildman–Crippen LogP) is 2.96. The SMILES string of the molecule is C[C@H](CNC(=O)N[C@@H]1[C@@H]2CCO[C@@H]2C1(C)C)c1cccs1. The second-order valence-electron chi connectivity index (χ2n) is 6.81. The fourth-order valence-corrected chi connectivity index (χ4v) is 4.51. The number of hydrogen-bond acceptors (Lipinski definition) is 3. The molecule has 2 heterocycles. The molecule has 1 aliphatic carbocycles. The van der Waals surface area contributed by atoms with Crippen molar-refractivity contribution in [2.24, 2.45) is 11.3 Å². The molecule has 2 amide bonds. The molecule has 1 aliphatic heterocycles. The van der Waals surface area contributed by atoms with Crippen molar-refractivity contribution >= 4 is 17.4 Å². The Bertz CT molecular complexity index is 500. The Morgan fingerprint density at radius 2 is 2.38 bits per heavy atom. The molecule has 0 aromatic carbocycles. The van der Waals surface area contributed by atoms with E-state index in [-0.39, 0.29) is 17.5 Å². The molecule has 0 bridgehead atoms. The molecule has 4 nitrogen and oxygen atoms in total. The quantitative estimate of drug-likeness (QED) is 0.898. The lowest BCUT2D eigenvalue weighted by molar-refractivity contribution is -0.108. The van der Waals surface area contributed by atoms with Crippen LogP contribution in [0.5, 0.6) is 0 Å². The van der Waals surface area contributed by atoms with Gasteiger partial charge in [0, 0.05) is 41.3 Å². The molecular weight excluding hydrogens is 284 g/mol. The van der Waals surface area contributed by atoms with Crippen LogP contribution in [0, 0.1) is 11.3 Å². The van der Waals surface area contributed by atoms with Gasteiger partial charge in [-0.1, -0.05) is 26.8 Å². The van der Waals surface area contributed by atoms with Gasteiger partial charge in [-0.2, -0.15) is 0 Å². The minimum absolute atomic E-state index is 0.0396. The van der Waals surface area contributed by atoms with Gasteiger partial charge in [0.1, 0.15) is 0 Å². The Hall–Kier alpha value is -1.07. The molecule has 0 spiro atoms. The molecular formula is C16H24N2O2S. The molecule has 2 aliphatic rings. The molecule has 1 aromatic heterocycles. The first-order valence-corrected chi connectivity index (χ1v) is 8.57. The molecule has 1 saturated heterocycles. The van der Waals surface area contributed by atoms with Gasteiger partial charge in [0.2, 0.25) is 0 Å². The van der Waals surface area contributed by atoms with Gasteiger partial charge in [-0.25, -0.2) is 4.79 Å². The number of carbonyl (C=O) groups is 1. The fraction of sp³-hybridized carbons (Fsp3) is 0.688. The number of nitrogens with one attached hydrogen (secondary N) is 2. The summed E-state index contributed by atoms with van der Waals surface area (Å²) in [7, 11) is 0. The van der Waals surface area contributed by atoms with E-state index in [1.807, 2.05) is 6.07 Å². The molecule has 5 heteroatoms. The van der Waals surface area contributed by atoms with E-state index in [9.17, 15) is 4.79 Å². The normalized spacial score (nSPS) is 31.1. The van der Waals surface area contributed by atoms with Crippen LogP contribution >= 0.6 is 11.3 Å². The smallest absolute Gasteiger partial charge is 0.315 e. The lowest BCUT2D eigenvalue weighted by Gasteiger charge is -2.54. The van der Waals surface area contributed by atoms with Gasteiger partial charge in [0.15, 0.2) is 0 Å². The van der Waals surface area contributed by atoms with Crippen molar-refractivity contribution in [3.8, 4) is 0 Å². The number of thiophene rings is 1. The van der Waals surface area contributed by atoms with Gasteiger partial charge >= 0.3 is 6.03 Å². The maximum absolute atomic E-state index is 12.1. The zero-order valence-corrected chi connectivity index (χ0v) is 13.7. The average Bonchev–Trinajstić information content (AvgIpc) is 3.11. The summed E-state index contributed by atoms with van der Waals surface area (Å²) in [5, 5.41) is 8.23. The van der Waals surface area contributed by atoms with E-state index < -0.39 is 0 Å². The maximum Gasteiger partial charge on any atom is 0.315 e. The molecule has 1 saturated carbocycles. The molecule has 4 atom stereocenters. The summed E-state index contributed by atoms with van der Waals surface area (Å²) < 4.78 is 5.76. The van der Waals surface area contributed by atoms with Crippen LogP contribution in [0.4, 0.5) is 4.79 Å². The molecule has 2 fully saturated rings. The monoisotopic (exact) mass is 308 g/mol. The molecule has 0 radical (unpaired) electrons. The second kappa shape index (κ2) is 5.61. The van der Waals surface area contributed by atoms with Gasteiger partial charge in [-0.05, 0) is 17.9 Å². The molecule has 0 unspecified atom stereocenters. The van der Waals surface area contributed by atoms with E-state index in [0.29, 0.717) is 24.5 Å². The van der Waals surface area contributed by atoms with Crippen molar-refractivity contribution in [2.45, 2.75) is 45.3 Å². The van der Waals surface area contributed by atoms with Gasteiger partial charge < -0.3 is 15.4 Å². The number of rotatable bonds is 4. The van der Waals surface area contributed by atoms with Crippen LogP contribution in [0.3, 0.4) is 0 Å². The first-order chi connectivity index (χ1) is 10.00. The minimum atomic E-state index is -0.0539. The van der Waals surface area contributed by atoms with Crippen LogP contribution in [0.1, 0.15) is 38.0 Å². The van der Waals surface area contributed by atoms with Gasteiger partial charge in [-0.15, -0.1) is 11.3 Å². The van der Waals surface area contributed by atoms with Crippen molar-refractivity contribution in [3.63, 3.8) is 0 Å². The van der Waals surface area contributed by atoms with Crippen LogP contribution in [-0.4, -0.2) is 31.3 Å². The van der Waals surface area contributed by atoms with E-state index in [1.165, 1.54) is 4.88 Å². The van der Waals surface area contributed by atoms with Crippen LogP contribution in [-0.2, 0) is 4.74 Å². The van der Waals surface area contributed by atoms with E-state index >= 15 is 0 Å². The average molecular weight is 308 g/mol. The summed E-state index contributed by atoms with van der Waals surface area (Å²) in [5.74, 6) is 0.841. The van der Waals surface area contributed by atoms with Crippen LogP contribution in [0.2, 0.25) is 0 Å². The summed E-state index contributed by atoms with van der Waals surface area (Å²) in [6, 6.07) is 4.34. The highest BCUT2D eigenvalue weighted by Crippen LogP contribution is 2.52.